The molecule has 10 aromatic rings. The summed E-state index contributed by atoms with van der Waals surface area (Å²) in [4.78, 5) is 2.38. The molecule has 1 aliphatic carbocycles. The Kier molecular flexibility index (Phi) is 13.2. The summed E-state index contributed by atoms with van der Waals surface area (Å²) in [6.07, 6.45) is 8.33. The molecule has 0 unspecified atom stereocenters. The molecule has 0 bridgehead atoms. The van der Waals surface area contributed by atoms with Gasteiger partial charge in [-0.2, -0.15) is 0 Å². The van der Waals surface area contributed by atoms with Crippen LogP contribution in [0.25, 0.3) is 77.1 Å². The van der Waals surface area contributed by atoms with Crippen LogP contribution in [0.2, 0.25) is 0 Å². The van der Waals surface area contributed by atoms with Crippen LogP contribution in [0.3, 0.4) is 0 Å². The van der Waals surface area contributed by atoms with Gasteiger partial charge in [0.2, 0.25) is 0 Å². The zero-order chi connectivity index (χ0) is 44.5. The molecule has 1 aliphatic rings. The number of fused-ring (bicyclic) bond motifs is 4. The number of nitrogens with zero attached hydrogens (tertiary/aromatic N) is 2. The van der Waals surface area contributed by atoms with Crippen molar-refractivity contribution in [1.29, 1.82) is 0 Å². The minimum absolute atomic E-state index is 0.593. The second-order valence-corrected chi connectivity index (χ2v) is 16.7. The van der Waals surface area contributed by atoms with Crippen LogP contribution in [0.15, 0.2) is 225 Å². The fourth-order valence-corrected chi connectivity index (χ4v) is 9.78. The zero-order valence-corrected chi connectivity index (χ0v) is 38.0. The van der Waals surface area contributed by atoms with E-state index >= 15 is 0 Å². The Bertz CT molecular complexity index is 3140. The number of benzene rings is 9. The van der Waals surface area contributed by atoms with Crippen LogP contribution in [0.5, 0.6) is 0 Å². The molecule has 11 rings (SSSR count). The van der Waals surface area contributed by atoms with Crippen LogP contribution < -0.4 is 4.90 Å². The maximum Gasteiger partial charge on any atom is 0.0540 e. The summed E-state index contributed by atoms with van der Waals surface area (Å²) >= 11 is 0. The monoisotopic (exact) mass is 842 g/mol. The lowest BCUT2D eigenvalue weighted by molar-refractivity contribution is 0.367. The lowest BCUT2D eigenvalue weighted by atomic mass is 9.94. The van der Waals surface area contributed by atoms with Crippen LogP contribution >= 0.6 is 0 Å². The first-order valence-corrected chi connectivity index (χ1v) is 23.5. The number of allylic oxidation sites excluding steroid dienone is 1. The first kappa shape index (κ1) is 42.9. The number of para-hydroxylation sites is 2. The van der Waals surface area contributed by atoms with Crippen molar-refractivity contribution in [2.45, 2.75) is 58.9 Å². The smallest absolute Gasteiger partial charge is 0.0540 e. The van der Waals surface area contributed by atoms with E-state index in [-0.39, 0.29) is 0 Å². The van der Waals surface area contributed by atoms with Crippen molar-refractivity contribution in [3.8, 4) is 44.5 Å². The molecule has 1 aromatic heterocycles. The summed E-state index contributed by atoms with van der Waals surface area (Å²) in [5.41, 5.74) is 15.9. The van der Waals surface area contributed by atoms with Crippen LogP contribution in [-0.4, -0.2) is 4.57 Å². The van der Waals surface area contributed by atoms with E-state index in [0.717, 1.165) is 17.1 Å². The minimum atomic E-state index is 0.593. The van der Waals surface area contributed by atoms with Gasteiger partial charge in [0.15, 0.2) is 0 Å². The Morgan fingerprint density at radius 3 is 1.49 bits per heavy atom. The van der Waals surface area contributed by atoms with Crippen molar-refractivity contribution in [3.63, 3.8) is 0 Å². The lowest BCUT2D eigenvalue weighted by Crippen LogP contribution is -2.12. The highest BCUT2D eigenvalue weighted by Crippen LogP contribution is 2.43. The zero-order valence-electron chi connectivity index (χ0n) is 38.0. The number of rotatable bonds is 8. The molecule has 0 aliphatic heterocycles. The second-order valence-electron chi connectivity index (χ2n) is 16.7. The molecule has 0 N–H and O–H groups in total. The van der Waals surface area contributed by atoms with E-state index in [4.69, 9.17) is 0 Å². The third-order valence-corrected chi connectivity index (χ3v) is 12.8. The largest absolute Gasteiger partial charge is 0.337 e. The normalized spacial score (nSPS) is 12.5. The van der Waals surface area contributed by atoms with E-state index in [1.54, 1.807) is 6.08 Å². The Morgan fingerprint density at radius 1 is 0.415 bits per heavy atom. The van der Waals surface area contributed by atoms with E-state index < -0.39 is 0 Å². The standard InChI is InChI=1S/C58H46N2.C3H6.C2H6/c1-4-14-41(15-5-1)44-32-35-50(36-33-44)59(48-16-6-2-7-17-48)57-39-37-51(52-20-10-11-21-53(52)57)46-30-28-43(29-31-46)42-24-26-45(27-25-42)47-34-38-58-55(40-47)54-22-12-13-23-56(54)60(58)49-18-8-3-9-19-49;1-3-2;1-2/h1-2,4-7,10-17,20-40,49H,3,8-9,18-19H2;3H,1H2,2H3;1-2H3. The Labute approximate surface area is 385 Å². The fraction of sp³-hybridized carbons (Fsp3) is 0.143. The van der Waals surface area contributed by atoms with Gasteiger partial charge in [-0.25, -0.2) is 0 Å². The first-order valence-electron chi connectivity index (χ1n) is 23.5. The van der Waals surface area contributed by atoms with E-state index in [0.29, 0.717) is 6.04 Å². The lowest BCUT2D eigenvalue weighted by Gasteiger charge is -2.27. The maximum atomic E-state index is 3.36. The molecular formula is C63H58N2. The van der Waals surface area contributed by atoms with Crippen LogP contribution in [0, 0.1) is 0 Å². The van der Waals surface area contributed by atoms with Crippen molar-refractivity contribution in [2.75, 3.05) is 4.90 Å². The van der Waals surface area contributed by atoms with Gasteiger partial charge in [0.05, 0.1) is 5.69 Å². The third kappa shape index (κ3) is 8.78. The fourth-order valence-electron chi connectivity index (χ4n) is 9.78. The van der Waals surface area contributed by atoms with Gasteiger partial charge in [-0.15, -0.1) is 6.58 Å². The average Bonchev–Trinajstić information content (AvgIpc) is 3.72. The number of anilines is 3. The molecule has 0 spiro atoms. The van der Waals surface area contributed by atoms with Crippen LogP contribution in [-0.2, 0) is 0 Å². The SMILES string of the molecule is C=CC.CC.c1ccc(-c2ccc(N(c3ccccc3)c3ccc(-c4ccc(-c5ccc(-c6ccc7c(c6)c6ccccc6n7C6CCCCC6)cc5)cc4)c4ccccc34)cc2)cc1. The number of aromatic nitrogens is 1. The Balaban J connectivity index is 0.00000103. The molecule has 2 heteroatoms. The topological polar surface area (TPSA) is 8.17 Å². The van der Waals surface area contributed by atoms with Crippen molar-refractivity contribution >= 4 is 49.6 Å². The van der Waals surface area contributed by atoms with Crippen molar-refractivity contribution in [2.24, 2.45) is 0 Å². The highest BCUT2D eigenvalue weighted by molar-refractivity contribution is 6.10. The van der Waals surface area contributed by atoms with E-state index in [1.807, 2.05) is 20.8 Å². The molecule has 9 aromatic carbocycles. The Morgan fingerprint density at radius 2 is 0.862 bits per heavy atom. The summed E-state index contributed by atoms with van der Waals surface area (Å²) in [7, 11) is 0. The van der Waals surface area contributed by atoms with Gasteiger partial charge in [0, 0.05) is 44.6 Å². The molecule has 1 fully saturated rings. The first-order chi connectivity index (χ1) is 32.2. The molecule has 1 heterocycles. The minimum Gasteiger partial charge on any atom is -0.337 e. The predicted octanol–water partition coefficient (Wildman–Crippen LogP) is 18.8. The van der Waals surface area contributed by atoms with Gasteiger partial charge in [-0.1, -0.05) is 203 Å². The molecule has 1 saturated carbocycles. The molecule has 0 saturated heterocycles. The highest BCUT2D eigenvalue weighted by Gasteiger charge is 2.21. The van der Waals surface area contributed by atoms with E-state index in [1.165, 1.54) is 109 Å². The van der Waals surface area contributed by atoms with Gasteiger partial charge in [-0.3, -0.25) is 0 Å². The molecule has 2 nitrogen and oxygen atoms in total. The molecular weight excluding hydrogens is 785 g/mol. The number of hydrogen-bond acceptors (Lipinski definition) is 1. The molecule has 0 radical (unpaired) electrons. The summed E-state index contributed by atoms with van der Waals surface area (Å²) < 4.78 is 2.64. The summed E-state index contributed by atoms with van der Waals surface area (Å²) in [6, 6.07) is 78.5. The maximum absolute atomic E-state index is 3.36. The van der Waals surface area contributed by atoms with Gasteiger partial charge < -0.3 is 9.47 Å². The summed E-state index contributed by atoms with van der Waals surface area (Å²) in [6.45, 7) is 9.25. The quantitative estimate of drug-likeness (QED) is 0.138. The summed E-state index contributed by atoms with van der Waals surface area (Å²) in [5.74, 6) is 0. The Hall–Kier alpha value is -7.42. The van der Waals surface area contributed by atoms with Crippen molar-refractivity contribution in [1.82, 2.24) is 4.57 Å². The average molecular weight is 843 g/mol. The van der Waals surface area contributed by atoms with E-state index in [2.05, 4.69) is 228 Å². The van der Waals surface area contributed by atoms with Gasteiger partial charge in [-0.05, 0) is 118 Å². The molecule has 65 heavy (non-hydrogen) atoms. The highest BCUT2D eigenvalue weighted by atomic mass is 15.1. The summed E-state index contributed by atoms with van der Waals surface area (Å²) in [5, 5.41) is 5.16. The number of hydrogen-bond donors (Lipinski definition) is 0. The van der Waals surface area contributed by atoms with Crippen molar-refractivity contribution in [3.05, 3.63) is 225 Å². The van der Waals surface area contributed by atoms with Crippen LogP contribution in [0.1, 0.15) is 58.9 Å². The third-order valence-electron chi connectivity index (χ3n) is 12.8. The molecule has 0 amide bonds. The predicted molar refractivity (Wildman–Crippen MR) is 283 cm³/mol. The van der Waals surface area contributed by atoms with Crippen molar-refractivity contribution < 1.29 is 0 Å². The van der Waals surface area contributed by atoms with E-state index in [9.17, 15) is 0 Å². The molecule has 320 valence electrons. The second kappa shape index (κ2) is 20.0. The van der Waals surface area contributed by atoms with Gasteiger partial charge in [0.25, 0.3) is 0 Å². The van der Waals surface area contributed by atoms with Crippen LogP contribution in [0.4, 0.5) is 17.1 Å². The van der Waals surface area contributed by atoms with Gasteiger partial charge in [0.1, 0.15) is 0 Å². The molecule has 0 atom stereocenters. The van der Waals surface area contributed by atoms with Gasteiger partial charge >= 0.3 is 0 Å².